The molecule has 4 rings (SSSR count). The lowest BCUT2D eigenvalue weighted by atomic mass is 10.1. The van der Waals surface area contributed by atoms with Crippen LogP contribution in [0.4, 0.5) is 0 Å². The van der Waals surface area contributed by atoms with E-state index >= 15 is 0 Å². The molecule has 1 amide bonds. The van der Waals surface area contributed by atoms with Gasteiger partial charge in [-0.15, -0.1) is 0 Å². The second kappa shape index (κ2) is 8.41. The van der Waals surface area contributed by atoms with Crippen LogP contribution in [0.25, 0.3) is 17.0 Å². The van der Waals surface area contributed by atoms with Gasteiger partial charge in [0.05, 0.1) is 15.3 Å². The van der Waals surface area contributed by atoms with Gasteiger partial charge in [0, 0.05) is 24.4 Å². The molecule has 1 aliphatic rings. The van der Waals surface area contributed by atoms with Crippen molar-refractivity contribution >= 4 is 49.7 Å². The molecule has 0 bridgehead atoms. The van der Waals surface area contributed by atoms with Gasteiger partial charge in [0.1, 0.15) is 0 Å². The maximum absolute atomic E-state index is 12.3. The number of fused-ring (bicyclic) bond motifs is 1. The number of nitrogens with zero attached hydrogens (tertiary/aromatic N) is 2. The smallest absolute Gasteiger partial charge is 0.264 e. The summed E-state index contributed by atoms with van der Waals surface area (Å²) in [5.74, 6) is -0.164. The summed E-state index contributed by atoms with van der Waals surface area (Å²) in [4.78, 5) is 21.9. The third-order valence-electron chi connectivity index (χ3n) is 4.58. The van der Waals surface area contributed by atoms with E-state index in [-0.39, 0.29) is 5.91 Å². The number of hydrogen-bond donors (Lipinski definition) is 1. The molecule has 8 heteroatoms. The Morgan fingerprint density at radius 2 is 1.93 bits per heavy atom. The van der Waals surface area contributed by atoms with E-state index in [0.29, 0.717) is 27.9 Å². The molecule has 1 N–H and O–H groups in total. The van der Waals surface area contributed by atoms with Crippen molar-refractivity contribution in [2.45, 2.75) is 11.3 Å². The highest BCUT2D eigenvalue weighted by Crippen LogP contribution is 2.27. The first kappa shape index (κ1) is 20.3. The number of pyridine rings is 1. The fraction of sp³-hybridized carbons (Fsp3) is 0.136. The van der Waals surface area contributed by atoms with E-state index in [0.717, 1.165) is 22.0 Å². The highest BCUT2D eigenvalue weighted by molar-refractivity contribution is 8.18. The molecule has 2 heterocycles. The minimum atomic E-state index is -3.19. The van der Waals surface area contributed by atoms with Gasteiger partial charge in [0.15, 0.2) is 15.0 Å². The SMILES string of the molecule is CS(=O)(=O)c1ccc(CCN=C2NC(=O)/C(=C/c3ccc4ncccc4c3)S2)cc1. The molecule has 0 atom stereocenters. The maximum Gasteiger partial charge on any atom is 0.264 e. The van der Waals surface area contributed by atoms with E-state index in [4.69, 9.17) is 0 Å². The first-order valence-electron chi connectivity index (χ1n) is 9.28. The Morgan fingerprint density at radius 3 is 2.70 bits per heavy atom. The summed E-state index contributed by atoms with van der Waals surface area (Å²) < 4.78 is 23.0. The summed E-state index contributed by atoms with van der Waals surface area (Å²) in [5, 5.41) is 4.38. The molecule has 0 spiro atoms. The van der Waals surface area contributed by atoms with Crippen molar-refractivity contribution in [2.24, 2.45) is 4.99 Å². The molecule has 2 aromatic carbocycles. The van der Waals surface area contributed by atoms with Gasteiger partial charge in [-0.25, -0.2) is 8.42 Å². The number of carbonyl (C=O) groups excluding carboxylic acids is 1. The fourth-order valence-electron chi connectivity index (χ4n) is 3.03. The predicted molar refractivity (Wildman–Crippen MR) is 121 cm³/mol. The Kier molecular flexibility index (Phi) is 5.69. The van der Waals surface area contributed by atoms with Crippen LogP contribution in [0.5, 0.6) is 0 Å². The van der Waals surface area contributed by atoms with Crippen LogP contribution in [0.2, 0.25) is 0 Å². The molecular formula is C22H19N3O3S2. The summed E-state index contributed by atoms with van der Waals surface area (Å²) in [6, 6.07) is 16.5. The number of aromatic nitrogens is 1. The molecular weight excluding hydrogens is 418 g/mol. The number of amides is 1. The Bertz CT molecular complexity index is 1280. The minimum Gasteiger partial charge on any atom is -0.301 e. The normalized spacial score (nSPS) is 17.0. The minimum absolute atomic E-state index is 0.164. The van der Waals surface area contributed by atoms with Crippen molar-refractivity contribution in [3.8, 4) is 0 Å². The first-order valence-corrected chi connectivity index (χ1v) is 12.0. The number of rotatable bonds is 5. The van der Waals surface area contributed by atoms with E-state index in [9.17, 15) is 13.2 Å². The van der Waals surface area contributed by atoms with Gasteiger partial charge in [-0.05, 0) is 65.7 Å². The van der Waals surface area contributed by atoms with Crippen molar-refractivity contribution in [3.05, 3.63) is 76.8 Å². The van der Waals surface area contributed by atoms with Crippen molar-refractivity contribution in [3.63, 3.8) is 0 Å². The molecule has 0 saturated carbocycles. The van der Waals surface area contributed by atoms with Crippen LogP contribution < -0.4 is 5.32 Å². The molecule has 6 nitrogen and oxygen atoms in total. The molecule has 3 aromatic rings. The molecule has 1 aromatic heterocycles. The van der Waals surface area contributed by atoms with Gasteiger partial charge in [-0.2, -0.15) is 0 Å². The largest absolute Gasteiger partial charge is 0.301 e. The lowest BCUT2D eigenvalue weighted by molar-refractivity contribution is -0.115. The molecule has 152 valence electrons. The molecule has 1 saturated heterocycles. The zero-order valence-electron chi connectivity index (χ0n) is 16.2. The van der Waals surface area contributed by atoms with E-state index in [1.807, 2.05) is 36.4 Å². The summed E-state index contributed by atoms with van der Waals surface area (Å²) in [7, 11) is -3.19. The molecule has 30 heavy (non-hydrogen) atoms. The summed E-state index contributed by atoms with van der Waals surface area (Å²) in [5.41, 5.74) is 2.83. The standard InChI is InChI=1S/C22H19N3O3S2/c1-30(27,28)18-7-4-15(5-8-18)10-12-24-22-25-21(26)20(29-22)14-16-6-9-19-17(13-16)3-2-11-23-19/h2-9,11,13-14H,10,12H2,1H3,(H,24,25,26)/b20-14-. The van der Waals surface area contributed by atoms with Gasteiger partial charge >= 0.3 is 0 Å². The summed E-state index contributed by atoms with van der Waals surface area (Å²) in [6.45, 7) is 0.496. The van der Waals surface area contributed by atoms with E-state index in [1.54, 1.807) is 30.5 Å². The second-order valence-corrected chi connectivity index (χ2v) is 9.92. The average Bonchev–Trinajstić information content (AvgIpc) is 3.07. The van der Waals surface area contributed by atoms with Gasteiger partial charge in [0.25, 0.3) is 5.91 Å². The third-order valence-corrected chi connectivity index (χ3v) is 6.66. The van der Waals surface area contributed by atoms with E-state index in [1.165, 1.54) is 18.0 Å². The number of carbonyl (C=O) groups is 1. The Labute approximate surface area is 179 Å². The van der Waals surface area contributed by atoms with Crippen LogP contribution in [-0.2, 0) is 21.1 Å². The second-order valence-electron chi connectivity index (χ2n) is 6.87. The number of sulfone groups is 1. The lowest BCUT2D eigenvalue weighted by Crippen LogP contribution is -2.20. The third kappa shape index (κ3) is 4.77. The first-order chi connectivity index (χ1) is 14.4. The number of benzene rings is 2. The average molecular weight is 438 g/mol. The zero-order valence-corrected chi connectivity index (χ0v) is 17.8. The van der Waals surface area contributed by atoms with Crippen molar-refractivity contribution in [1.29, 1.82) is 0 Å². The monoisotopic (exact) mass is 437 g/mol. The molecule has 0 radical (unpaired) electrons. The zero-order chi connectivity index (χ0) is 21.1. The summed E-state index contributed by atoms with van der Waals surface area (Å²) >= 11 is 1.32. The highest BCUT2D eigenvalue weighted by atomic mass is 32.2. The molecule has 1 fully saturated rings. The van der Waals surface area contributed by atoms with Gasteiger partial charge < -0.3 is 5.32 Å². The van der Waals surface area contributed by atoms with Crippen LogP contribution in [0, 0.1) is 0 Å². The van der Waals surface area contributed by atoms with Gasteiger partial charge in [0.2, 0.25) is 0 Å². The lowest BCUT2D eigenvalue weighted by Gasteiger charge is -2.02. The Balaban J connectivity index is 1.41. The predicted octanol–water partition coefficient (Wildman–Crippen LogP) is 3.44. The van der Waals surface area contributed by atoms with Gasteiger partial charge in [-0.1, -0.05) is 24.3 Å². The number of amidine groups is 1. The number of hydrogen-bond acceptors (Lipinski definition) is 6. The fourth-order valence-corrected chi connectivity index (χ4v) is 4.50. The molecule has 0 unspecified atom stereocenters. The number of aliphatic imine (C=N–C) groups is 1. The number of nitrogens with one attached hydrogen (secondary N) is 1. The molecule has 0 aliphatic carbocycles. The quantitative estimate of drug-likeness (QED) is 0.618. The Hall–Kier alpha value is -2.97. The van der Waals surface area contributed by atoms with Crippen molar-refractivity contribution in [1.82, 2.24) is 10.3 Å². The number of thioether (sulfide) groups is 1. The van der Waals surface area contributed by atoms with Crippen LogP contribution in [0.3, 0.4) is 0 Å². The van der Waals surface area contributed by atoms with Crippen molar-refractivity contribution in [2.75, 3.05) is 12.8 Å². The highest BCUT2D eigenvalue weighted by Gasteiger charge is 2.23. The van der Waals surface area contributed by atoms with Crippen LogP contribution in [0.1, 0.15) is 11.1 Å². The van der Waals surface area contributed by atoms with E-state index < -0.39 is 9.84 Å². The summed E-state index contributed by atoms with van der Waals surface area (Å²) in [6.07, 6.45) is 5.44. The van der Waals surface area contributed by atoms with Crippen molar-refractivity contribution < 1.29 is 13.2 Å². The maximum atomic E-state index is 12.3. The Morgan fingerprint density at radius 1 is 1.13 bits per heavy atom. The van der Waals surface area contributed by atoms with Crippen LogP contribution >= 0.6 is 11.8 Å². The van der Waals surface area contributed by atoms with Crippen LogP contribution in [-0.4, -0.2) is 37.3 Å². The topological polar surface area (TPSA) is 88.5 Å². The van der Waals surface area contributed by atoms with Crippen LogP contribution in [0.15, 0.2) is 75.6 Å². The molecule has 1 aliphatic heterocycles. The van der Waals surface area contributed by atoms with Gasteiger partial charge in [-0.3, -0.25) is 14.8 Å². The van der Waals surface area contributed by atoms with E-state index in [2.05, 4.69) is 15.3 Å².